The van der Waals surface area contributed by atoms with Crippen LogP contribution in [0, 0.1) is 0 Å². The van der Waals surface area contributed by atoms with Crippen molar-refractivity contribution in [2.45, 2.75) is 0 Å². The zero-order valence-electron chi connectivity index (χ0n) is 32.7. The highest BCUT2D eigenvalue weighted by Crippen LogP contribution is 2.49. The van der Waals surface area contributed by atoms with E-state index in [9.17, 15) is 0 Å². The summed E-state index contributed by atoms with van der Waals surface area (Å²) in [6, 6.07) is 81.4. The van der Waals surface area contributed by atoms with E-state index in [0.717, 1.165) is 49.8 Å². The van der Waals surface area contributed by atoms with Gasteiger partial charge in [0.25, 0.3) is 0 Å². The first-order chi connectivity index (χ1) is 29.8. The highest BCUT2D eigenvalue weighted by Gasteiger charge is 2.24. The Balaban J connectivity index is 1.16. The van der Waals surface area contributed by atoms with Crippen molar-refractivity contribution >= 4 is 82.1 Å². The summed E-state index contributed by atoms with van der Waals surface area (Å²) in [6.45, 7) is 0. The van der Waals surface area contributed by atoms with Gasteiger partial charge >= 0.3 is 0 Å². The number of fused-ring (bicyclic) bond motifs is 8. The average Bonchev–Trinajstić information content (AvgIpc) is 3.69. The van der Waals surface area contributed by atoms with E-state index in [1.165, 1.54) is 65.7 Å². The average molecular weight is 764 g/mol. The molecule has 2 nitrogen and oxygen atoms in total. The first kappa shape index (κ1) is 34.1. The van der Waals surface area contributed by atoms with E-state index in [4.69, 9.17) is 4.42 Å². The summed E-state index contributed by atoms with van der Waals surface area (Å²) < 4.78 is 6.71. The van der Waals surface area contributed by atoms with Crippen molar-refractivity contribution in [3.05, 3.63) is 224 Å². The van der Waals surface area contributed by atoms with Gasteiger partial charge in [-0.05, 0) is 120 Å². The molecule has 280 valence electrons. The van der Waals surface area contributed by atoms with Gasteiger partial charge in [-0.25, -0.2) is 0 Å². The van der Waals surface area contributed by atoms with Crippen LogP contribution in [0.3, 0.4) is 0 Å². The number of hydrogen-bond acceptors (Lipinski definition) is 2. The summed E-state index contributed by atoms with van der Waals surface area (Å²) in [5, 5.41) is 11.9. The molecule has 0 saturated heterocycles. The predicted molar refractivity (Wildman–Crippen MR) is 255 cm³/mol. The topological polar surface area (TPSA) is 16.4 Å². The molecule has 12 aromatic rings. The second-order valence-electron chi connectivity index (χ2n) is 15.6. The fourth-order valence-electron chi connectivity index (χ4n) is 9.47. The lowest BCUT2D eigenvalue weighted by Gasteiger charge is -2.29. The number of nitrogens with zero attached hydrogens (tertiary/aromatic N) is 1. The summed E-state index contributed by atoms with van der Waals surface area (Å²) in [4.78, 5) is 2.46. The van der Waals surface area contributed by atoms with E-state index in [2.05, 4.69) is 229 Å². The van der Waals surface area contributed by atoms with Crippen LogP contribution in [0.25, 0.3) is 98.4 Å². The van der Waals surface area contributed by atoms with Gasteiger partial charge in [0, 0.05) is 16.5 Å². The molecule has 0 bridgehead atoms. The molecule has 0 aliphatic heterocycles. The molecular formula is C58H37NO. The maximum atomic E-state index is 6.71. The van der Waals surface area contributed by atoms with E-state index in [1.54, 1.807) is 0 Å². The molecule has 60 heavy (non-hydrogen) atoms. The normalized spacial score (nSPS) is 11.7. The first-order valence-corrected chi connectivity index (χ1v) is 20.6. The molecule has 1 heterocycles. The maximum Gasteiger partial charge on any atom is 0.137 e. The molecule has 0 atom stereocenters. The van der Waals surface area contributed by atoms with Crippen LogP contribution in [-0.2, 0) is 0 Å². The van der Waals surface area contributed by atoms with E-state index >= 15 is 0 Å². The summed E-state index contributed by atoms with van der Waals surface area (Å²) in [5.74, 6) is 0. The molecule has 0 radical (unpaired) electrons. The maximum absolute atomic E-state index is 6.71. The quantitative estimate of drug-likeness (QED) is 0.157. The van der Waals surface area contributed by atoms with Crippen LogP contribution in [0.4, 0.5) is 17.1 Å². The minimum absolute atomic E-state index is 0.857. The standard InChI is InChI=1S/C58H37NO/c1-3-16-38(17-4-1)45-31-30-43(37-51(45)39-18-5-2-6-19-39)59(55-28-15-29-56-58(55)53-34-40-20-7-8-21-41(40)36-57(53)60-56)54-33-32-49(47-25-13-14-27-50(47)54)52-35-42-22-9-10-23-44(42)46-24-11-12-26-48(46)52/h1-37H. The first-order valence-electron chi connectivity index (χ1n) is 20.6. The number of anilines is 3. The van der Waals surface area contributed by atoms with Crippen LogP contribution in [-0.4, -0.2) is 0 Å². The number of hydrogen-bond donors (Lipinski definition) is 0. The lowest BCUT2D eigenvalue weighted by atomic mass is 9.90. The van der Waals surface area contributed by atoms with Crippen LogP contribution in [0.5, 0.6) is 0 Å². The third-order valence-corrected chi connectivity index (χ3v) is 12.2. The van der Waals surface area contributed by atoms with E-state index < -0.39 is 0 Å². The molecule has 0 amide bonds. The molecule has 1 aromatic heterocycles. The fraction of sp³-hybridized carbons (Fsp3) is 0. The predicted octanol–water partition coefficient (Wildman–Crippen LogP) is 16.7. The van der Waals surface area contributed by atoms with Gasteiger partial charge in [-0.3, -0.25) is 0 Å². The SMILES string of the molecule is c1ccc(-c2ccc(N(c3ccc(-c4cc5ccccc5c5ccccc45)c4ccccc34)c3cccc4oc5cc6ccccc6cc5c34)cc2-c2ccccc2)cc1. The Morgan fingerprint density at radius 1 is 0.283 bits per heavy atom. The van der Waals surface area contributed by atoms with E-state index in [-0.39, 0.29) is 0 Å². The Morgan fingerprint density at radius 2 is 0.867 bits per heavy atom. The molecule has 0 spiro atoms. The monoisotopic (exact) mass is 763 g/mol. The Morgan fingerprint density at radius 3 is 1.62 bits per heavy atom. The Labute approximate surface area is 347 Å². The summed E-state index contributed by atoms with van der Waals surface area (Å²) in [5.41, 5.74) is 12.1. The van der Waals surface area contributed by atoms with Gasteiger partial charge in [0.05, 0.1) is 16.8 Å². The van der Waals surface area contributed by atoms with Crippen LogP contribution in [0.15, 0.2) is 229 Å². The third-order valence-electron chi connectivity index (χ3n) is 12.2. The summed E-state index contributed by atoms with van der Waals surface area (Å²) in [7, 11) is 0. The Kier molecular flexibility index (Phi) is 7.89. The van der Waals surface area contributed by atoms with Gasteiger partial charge in [-0.1, -0.05) is 176 Å². The van der Waals surface area contributed by atoms with E-state index in [1.807, 2.05) is 0 Å². The molecule has 0 N–H and O–H groups in total. The van der Waals surface area contributed by atoms with Crippen molar-refractivity contribution in [3.63, 3.8) is 0 Å². The molecule has 0 aliphatic carbocycles. The Hall–Kier alpha value is -7.94. The van der Waals surface area contributed by atoms with Gasteiger partial charge in [0.1, 0.15) is 11.2 Å². The van der Waals surface area contributed by atoms with E-state index in [0.29, 0.717) is 0 Å². The molecule has 12 rings (SSSR count). The van der Waals surface area contributed by atoms with Crippen LogP contribution >= 0.6 is 0 Å². The smallest absolute Gasteiger partial charge is 0.137 e. The van der Waals surface area contributed by atoms with Gasteiger partial charge in [-0.15, -0.1) is 0 Å². The van der Waals surface area contributed by atoms with Crippen molar-refractivity contribution in [2.75, 3.05) is 4.90 Å². The van der Waals surface area contributed by atoms with Crippen molar-refractivity contribution in [1.82, 2.24) is 0 Å². The fourth-order valence-corrected chi connectivity index (χ4v) is 9.47. The number of benzene rings is 11. The minimum Gasteiger partial charge on any atom is -0.456 e. The molecule has 0 unspecified atom stereocenters. The third kappa shape index (κ3) is 5.50. The lowest BCUT2D eigenvalue weighted by Crippen LogP contribution is -2.11. The molecule has 0 fully saturated rings. The summed E-state index contributed by atoms with van der Waals surface area (Å²) in [6.07, 6.45) is 0. The van der Waals surface area contributed by atoms with Gasteiger partial charge in [-0.2, -0.15) is 0 Å². The van der Waals surface area contributed by atoms with Crippen LogP contribution in [0.1, 0.15) is 0 Å². The molecule has 2 heteroatoms. The minimum atomic E-state index is 0.857. The van der Waals surface area contributed by atoms with Crippen LogP contribution < -0.4 is 4.90 Å². The highest BCUT2D eigenvalue weighted by molar-refractivity contribution is 6.20. The number of furan rings is 1. The second kappa shape index (κ2) is 13.9. The molecular weight excluding hydrogens is 727 g/mol. The zero-order valence-corrected chi connectivity index (χ0v) is 32.7. The molecule has 11 aromatic carbocycles. The van der Waals surface area contributed by atoms with Crippen molar-refractivity contribution < 1.29 is 4.42 Å². The van der Waals surface area contributed by atoms with Crippen molar-refractivity contribution in [3.8, 4) is 33.4 Å². The highest BCUT2D eigenvalue weighted by atomic mass is 16.3. The summed E-state index contributed by atoms with van der Waals surface area (Å²) >= 11 is 0. The van der Waals surface area contributed by atoms with Crippen molar-refractivity contribution in [1.29, 1.82) is 0 Å². The van der Waals surface area contributed by atoms with Crippen molar-refractivity contribution in [2.24, 2.45) is 0 Å². The second-order valence-corrected chi connectivity index (χ2v) is 15.6. The Bertz CT molecular complexity index is 3600. The van der Waals surface area contributed by atoms with Gasteiger partial charge in [0.15, 0.2) is 0 Å². The number of rotatable bonds is 6. The van der Waals surface area contributed by atoms with Gasteiger partial charge < -0.3 is 9.32 Å². The molecule has 0 aliphatic rings. The van der Waals surface area contributed by atoms with Gasteiger partial charge in [0.2, 0.25) is 0 Å². The largest absolute Gasteiger partial charge is 0.456 e. The zero-order chi connectivity index (χ0) is 39.6. The molecule has 0 saturated carbocycles. The lowest BCUT2D eigenvalue weighted by molar-refractivity contribution is 0.669. The van der Waals surface area contributed by atoms with Crippen LogP contribution in [0.2, 0.25) is 0 Å².